The molecule has 0 radical (unpaired) electrons. The summed E-state index contributed by atoms with van der Waals surface area (Å²) in [6.07, 6.45) is 0. The van der Waals surface area contributed by atoms with Crippen molar-refractivity contribution in [2.24, 2.45) is 0 Å². The summed E-state index contributed by atoms with van der Waals surface area (Å²) in [5.74, 6) is 1.14. The summed E-state index contributed by atoms with van der Waals surface area (Å²) in [6, 6.07) is 13.4. The van der Waals surface area contributed by atoms with Gasteiger partial charge in [-0.05, 0) is 29.8 Å². The molecule has 2 nitrogen and oxygen atoms in total. The van der Waals surface area contributed by atoms with Crippen molar-refractivity contribution in [3.63, 3.8) is 0 Å². The Morgan fingerprint density at radius 1 is 1.05 bits per heavy atom. The van der Waals surface area contributed by atoms with E-state index < -0.39 is 0 Å². The summed E-state index contributed by atoms with van der Waals surface area (Å²) in [7, 11) is 0. The largest absolute Gasteiger partial charge is 0.321 e. The van der Waals surface area contributed by atoms with Crippen LogP contribution < -0.4 is 0 Å². The van der Waals surface area contributed by atoms with Crippen LogP contribution in [0.15, 0.2) is 42.5 Å². The first-order valence-electron chi connectivity index (χ1n) is 6.13. The smallest absolute Gasteiger partial charge is 0.125 e. The molecule has 0 aliphatic carbocycles. The van der Waals surface area contributed by atoms with Crippen LogP contribution in [-0.2, 0) is 12.4 Å². The molecular weight excluding hydrogens is 315 g/mol. The first-order chi connectivity index (χ1) is 9.69. The number of rotatable bonds is 3. The standard InChI is InChI=1S/C15H11Cl3N2/c16-8-14-19-13-6-2-5-12(18)15(13)20(14)9-10-3-1-4-11(17)7-10/h1-7H,8-9H2. The molecule has 2 aromatic carbocycles. The second kappa shape index (κ2) is 5.65. The highest BCUT2D eigenvalue weighted by atomic mass is 35.5. The minimum absolute atomic E-state index is 0.339. The number of benzene rings is 2. The molecule has 0 aliphatic rings. The molecule has 0 aliphatic heterocycles. The second-order valence-corrected chi connectivity index (χ2v) is 5.60. The number of halogens is 3. The maximum Gasteiger partial charge on any atom is 0.125 e. The molecule has 0 amide bonds. The molecule has 3 aromatic rings. The zero-order valence-electron chi connectivity index (χ0n) is 10.5. The monoisotopic (exact) mass is 324 g/mol. The Hall–Kier alpha value is -1.22. The summed E-state index contributed by atoms with van der Waals surface area (Å²) in [4.78, 5) is 4.52. The van der Waals surface area contributed by atoms with E-state index in [4.69, 9.17) is 34.8 Å². The summed E-state index contributed by atoms with van der Waals surface area (Å²) < 4.78 is 2.04. The van der Waals surface area contributed by atoms with Gasteiger partial charge >= 0.3 is 0 Å². The fourth-order valence-corrected chi connectivity index (χ4v) is 2.97. The molecule has 1 aromatic heterocycles. The summed E-state index contributed by atoms with van der Waals surface area (Å²) >= 11 is 18.3. The molecule has 0 saturated heterocycles. The van der Waals surface area contributed by atoms with Crippen molar-refractivity contribution in [1.82, 2.24) is 9.55 Å². The zero-order chi connectivity index (χ0) is 14.1. The van der Waals surface area contributed by atoms with Gasteiger partial charge in [0, 0.05) is 11.6 Å². The van der Waals surface area contributed by atoms with Crippen LogP contribution in [0.25, 0.3) is 11.0 Å². The van der Waals surface area contributed by atoms with Crippen LogP contribution in [0.1, 0.15) is 11.4 Å². The van der Waals surface area contributed by atoms with E-state index in [-0.39, 0.29) is 0 Å². The molecule has 5 heteroatoms. The molecule has 0 saturated carbocycles. The van der Waals surface area contributed by atoms with Crippen LogP contribution in [-0.4, -0.2) is 9.55 Å². The molecule has 20 heavy (non-hydrogen) atoms. The van der Waals surface area contributed by atoms with Crippen LogP contribution in [0, 0.1) is 0 Å². The van der Waals surface area contributed by atoms with Crippen LogP contribution in [0.5, 0.6) is 0 Å². The second-order valence-electron chi connectivity index (χ2n) is 4.49. The van der Waals surface area contributed by atoms with Gasteiger partial charge in [-0.15, -0.1) is 11.6 Å². The van der Waals surface area contributed by atoms with Gasteiger partial charge in [-0.25, -0.2) is 4.98 Å². The van der Waals surface area contributed by atoms with E-state index in [0.29, 0.717) is 22.5 Å². The number of nitrogens with zero attached hydrogens (tertiary/aromatic N) is 2. The summed E-state index contributed by atoms with van der Waals surface area (Å²) in [5, 5.41) is 1.39. The van der Waals surface area contributed by atoms with E-state index >= 15 is 0 Å². The molecule has 102 valence electrons. The molecule has 1 heterocycles. The topological polar surface area (TPSA) is 17.8 Å². The fraction of sp³-hybridized carbons (Fsp3) is 0.133. The van der Waals surface area contributed by atoms with Gasteiger partial charge in [-0.2, -0.15) is 0 Å². The maximum absolute atomic E-state index is 6.30. The van der Waals surface area contributed by atoms with Crippen molar-refractivity contribution in [1.29, 1.82) is 0 Å². The third kappa shape index (κ3) is 2.51. The lowest BCUT2D eigenvalue weighted by atomic mass is 10.2. The predicted octanol–water partition coefficient (Wildman–Crippen LogP) is 5.13. The van der Waals surface area contributed by atoms with Gasteiger partial charge in [0.05, 0.1) is 21.9 Å². The first-order valence-corrected chi connectivity index (χ1v) is 7.42. The van der Waals surface area contributed by atoms with Crippen LogP contribution >= 0.6 is 34.8 Å². The van der Waals surface area contributed by atoms with E-state index in [2.05, 4.69) is 4.98 Å². The Balaban J connectivity index is 2.14. The van der Waals surface area contributed by atoms with Crippen molar-refractivity contribution in [2.45, 2.75) is 12.4 Å². The molecule has 0 atom stereocenters. The van der Waals surface area contributed by atoms with Gasteiger partial charge in [-0.3, -0.25) is 0 Å². The van der Waals surface area contributed by atoms with E-state index in [1.807, 2.05) is 47.0 Å². The van der Waals surface area contributed by atoms with Gasteiger partial charge in [-0.1, -0.05) is 41.4 Å². The van der Waals surface area contributed by atoms with E-state index in [9.17, 15) is 0 Å². The average Bonchev–Trinajstić information content (AvgIpc) is 2.78. The number of para-hydroxylation sites is 1. The maximum atomic E-state index is 6.30. The van der Waals surface area contributed by atoms with Crippen molar-refractivity contribution in [3.05, 3.63) is 63.9 Å². The number of fused-ring (bicyclic) bond motifs is 1. The molecule has 0 N–H and O–H groups in total. The lowest BCUT2D eigenvalue weighted by molar-refractivity contribution is 0.779. The highest BCUT2D eigenvalue weighted by Crippen LogP contribution is 2.26. The number of aromatic nitrogens is 2. The average molecular weight is 326 g/mol. The Morgan fingerprint density at radius 2 is 1.85 bits per heavy atom. The zero-order valence-corrected chi connectivity index (χ0v) is 12.8. The number of imidazole rings is 1. The van der Waals surface area contributed by atoms with Crippen LogP contribution in [0.2, 0.25) is 10.0 Å². The Kier molecular flexibility index (Phi) is 3.88. The van der Waals surface area contributed by atoms with Gasteiger partial charge in [0.1, 0.15) is 5.82 Å². The molecule has 0 fully saturated rings. The first kappa shape index (κ1) is 13.7. The molecular formula is C15H11Cl3N2. The Morgan fingerprint density at radius 3 is 2.60 bits per heavy atom. The number of hydrogen-bond acceptors (Lipinski definition) is 1. The van der Waals surface area contributed by atoms with Crippen molar-refractivity contribution in [2.75, 3.05) is 0 Å². The lowest BCUT2D eigenvalue weighted by Crippen LogP contribution is -2.04. The van der Waals surface area contributed by atoms with Gasteiger partial charge in [0.15, 0.2) is 0 Å². The molecule has 0 unspecified atom stereocenters. The quantitative estimate of drug-likeness (QED) is 0.610. The van der Waals surface area contributed by atoms with Gasteiger partial charge < -0.3 is 4.57 Å². The van der Waals surface area contributed by atoms with Gasteiger partial charge in [0.2, 0.25) is 0 Å². The van der Waals surface area contributed by atoms with E-state index in [0.717, 1.165) is 22.4 Å². The van der Waals surface area contributed by atoms with E-state index in [1.54, 1.807) is 0 Å². The van der Waals surface area contributed by atoms with E-state index in [1.165, 1.54) is 0 Å². The van der Waals surface area contributed by atoms with Crippen LogP contribution in [0.4, 0.5) is 0 Å². The predicted molar refractivity (Wildman–Crippen MR) is 84.9 cm³/mol. The van der Waals surface area contributed by atoms with Crippen molar-refractivity contribution >= 4 is 45.8 Å². The highest BCUT2D eigenvalue weighted by Gasteiger charge is 2.13. The minimum Gasteiger partial charge on any atom is -0.321 e. The van der Waals surface area contributed by atoms with Crippen LogP contribution in [0.3, 0.4) is 0 Å². The molecule has 0 spiro atoms. The summed E-state index contributed by atoms with van der Waals surface area (Å²) in [5.41, 5.74) is 2.85. The molecule has 3 rings (SSSR count). The Labute approximate surface area is 131 Å². The third-order valence-corrected chi connectivity index (χ3v) is 3.92. The Bertz CT molecular complexity index is 765. The van der Waals surface area contributed by atoms with Crippen molar-refractivity contribution in [3.8, 4) is 0 Å². The number of hydrogen-bond donors (Lipinski definition) is 0. The normalized spacial score (nSPS) is 11.2. The SMILES string of the molecule is ClCc1nc2cccc(Cl)c2n1Cc1cccc(Cl)c1. The molecule has 0 bridgehead atoms. The third-order valence-electron chi connectivity index (χ3n) is 3.15. The highest BCUT2D eigenvalue weighted by molar-refractivity contribution is 6.35. The lowest BCUT2D eigenvalue weighted by Gasteiger charge is -2.09. The van der Waals surface area contributed by atoms with Crippen molar-refractivity contribution < 1.29 is 0 Å². The number of alkyl halides is 1. The fourth-order valence-electron chi connectivity index (χ4n) is 2.28. The minimum atomic E-state index is 0.339. The summed E-state index contributed by atoms with van der Waals surface area (Å²) in [6.45, 7) is 0.642. The van der Waals surface area contributed by atoms with Gasteiger partial charge in [0.25, 0.3) is 0 Å².